The Bertz CT molecular complexity index is 822. The number of ether oxygens (including phenoxy) is 1. The molecule has 2 aromatic carbocycles. The first-order chi connectivity index (χ1) is 12.0. The molecule has 0 saturated heterocycles. The zero-order valence-electron chi connectivity index (χ0n) is 14.2. The van der Waals surface area contributed by atoms with Crippen LogP contribution in [-0.4, -0.2) is 36.8 Å². The predicted octanol–water partition coefficient (Wildman–Crippen LogP) is 4.64. The molecule has 0 spiro atoms. The van der Waals surface area contributed by atoms with E-state index in [0.29, 0.717) is 5.02 Å². The van der Waals surface area contributed by atoms with E-state index in [1.54, 1.807) is 0 Å². The smallest absolute Gasteiger partial charge is 0.134 e. The molecular formula is C20H21Cl2NO2. The average Bonchev–Trinajstić information content (AvgIpc) is 2.76. The monoisotopic (exact) mass is 377 g/mol. The first-order valence-corrected chi connectivity index (χ1v) is 9.44. The van der Waals surface area contributed by atoms with Crippen LogP contribution in [0.3, 0.4) is 0 Å². The van der Waals surface area contributed by atoms with Crippen molar-refractivity contribution in [1.82, 2.24) is 4.90 Å². The molecule has 0 radical (unpaired) electrons. The lowest BCUT2D eigenvalue weighted by Gasteiger charge is -2.28. The molecule has 25 heavy (non-hydrogen) atoms. The molecule has 1 N–H and O–H groups in total. The van der Waals surface area contributed by atoms with Crippen LogP contribution in [0.4, 0.5) is 0 Å². The van der Waals surface area contributed by atoms with Crippen molar-refractivity contribution in [3.63, 3.8) is 0 Å². The number of benzene rings is 2. The van der Waals surface area contributed by atoms with Gasteiger partial charge in [0.05, 0.1) is 11.6 Å². The minimum atomic E-state index is 0.120. The summed E-state index contributed by atoms with van der Waals surface area (Å²) < 4.78 is 6.04. The molecule has 2 aromatic rings. The number of phenolic OH excluding ortho intramolecular Hbond substituents is 1. The number of likely N-dealkylation sites (N-methyl/N-ethyl adjacent to an activating group) is 1. The molecule has 3 nitrogen and oxygen atoms in total. The minimum Gasteiger partial charge on any atom is -0.506 e. The maximum atomic E-state index is 10.2. The summed E-state index contributed by atoms with van der Waals surface area (Å²) in [7, 11) is 2.13. The van der Waals surface area contributed by atoms with E-state index in [2.05, 4.69) is 18.0 Å². The Morgan fingerprint density at radius 1 is 1.12 bits per heavy atom. The molecule has 0 fully saturated rings. The van der Waals surface area contributed by atoms with E-state index in [9.17, 15) is 5.11 Å². The lowest BCUT2D eigenvalue weighted by Crippen LogP contribution is -2.25. The van der Waals surface area contributed by atoms with Crippen molar-refractivity contribution in [3.8, 4) is 11.5 Å². The zero-order valence-corrected chi connectivity index (χ0v) is 15.7. The number of halogens is 2. The lowest BCUT2D eigenvalue weighted by molar-refractivity contribution is 0.280. The van der Waals surface area contributed by atoms with Crippen LogP contribution in [0.15, 0.2) is 24.3 Å². The van der Waals surface area contributed by atoms with Gasteiger partial charge >= 0.3 is 0 Å². The van der Waals surface area contributed by atoms with Gasteiger partial charge in [-0.3, -0.25) is 0 Å². The maximum Gasteiger partial charge on any atom is 0.134 e. The standard InChI is InChI=1S/C20H21Cl2NO2/c1-23-7-6-12-9-18(22)19(24)10-15(12)16(11-23)13-4-5-17(21)14-3-2-8-25-20(13)14/h4-5,9-10,16,24H,2-3,6-8,11H2,1H3. The van der Waals surface area contributed by atoms with Crippen molar-refractivity contribution in [1.29, 1.82) is 0 Å². The molecule has 5 heteroatoms. The third-order valence-electron chi connectivity index (χ3n) is 5.27. The number of aromatic hydroxyl groups is 1. The summed E-state index contributed by atoms with van der Waals surface area (Å²) in [5, 5.41) is 11.4. The van der Waals surface area contributed by atoms with E-state index in [1.165, 1.54) is 5.56 Å². The third kappa shape index (κ3) is 3.10. The Hall–Kier alpha value is -1.42. The van der Waals surface area contributed by atoms with E-state index < -0.39 is 0 Å². The van der Waals surface area contributed by atoms with Crippen LogP contribution in [0.2, 0.25) is 10.0 Å². The highest BCUT2D eigenvalue weighted by Crippen LogP contribution is 2.43. The Labute approximate surface area is 158 Å². The maximum absolute atomic E-state index is 10.2. The third-order valence-corrected chi connectivity index (χ3v) is 5.92. The summed E-state index contributed by atoms with van der Waals surface area (Å²) in [6.07, 6.45) is 2.86. The van der Waals surface area contributed by atoms with E-state index >= 15 is 0 Å². The average molecular weight is 378 g/mol. The van der Waals surface area contributed by atoms with Gasteiger partial charge in [-0.15, -0.1) is 0 Å². The van der Waals surface area contributed by atoms with Gasteiger partial charge in [0.1, 0.15) is 11.5 Å². The molecule has 2 heterocycles. The quantitative estimate of drug-likeness (QED) is 0.785. The van der Waals surface area contributed by atoms with Gasteiger partial charge in [0, 0.05) is 35.2 Å². The number of nitrogens with zero attached hydrogens (tertiary/aromatic N) is 1. The van der Waals surface area contributed by atoms with Crippen LogP contribution in [0.5, 0.6) is 11.5 Å². The predicted molar refractivity (Wildman–Crippen MR) is 101 cm³/mol. The topological polar surface area (TPSA) is 32.7 Å². The van der Waals surface area contributed by atoms with Crippen molar-refractivity contribution in [2.24, 2.45) is 0 Å². The molecule has 0 aliphatic carbocycles. The lowest BCUT2D eigenvalue weighted by atomic mass is 9.85. The highest BCUT2D eigenvalue weighted by molar-refractivity contribution is 6.32. The SMILES string of the molecule is CN1CCc2cc(Cl)c(O)cc2C(c2ccc(Cl)c3c2OCCC3)C1. The molecule has 4 rings (SSSR count). The van der Waals surface area contributed by atoms with Gasteiger partial charge in [0.2, 0.25) is 0 Å². The fourth-order valence-electron chi connectivity index (χ4n) is 3.96. The molecule has 0 saturated carbocycles. The van der Waals surface area contributed by atoms with Crippen LogP contribution >= 0.6 is 23.2 Å². The molecule has 2 aliphatic rings. The van der Waals surface area contributed by atoms with Crippen LogP contribution in [0.1, 0.15) is 34.6 Å². The van der Waals surface area contributed by atoms with Crippen molar-refractivity contribution < 1.29 is 9.84 Å². The van der Waals surface area contributed by atoms with E-state index in [1.807, 2.05) is 18.2 Å². The van der Waals surface area contributed by atoms with Gasteiger partial charge in [0.25, 0.3) is 0 Å². The number of phenols is 1. The van der Waals surface area contributed by atoms with E-state index in [-0.39, 0.29) is 11.7 Å². The summed E-state index contributed by atoms with van der Waals surface area (Å²) in [4.78, 5) is 2.32. The highest BCUT2D eigenvalue weighted by Gasteiger charge is 2.29. The molecule has 0 bridgehead atoms. The summed E-state index contributed by atoms with van der Waals surface area (Å²) in [5.74, 6) is 1.19. The summed E-state index contributed by atoms with van der Waals surface area (Å²) in [6.45, 7) is 2.55. The molecule has 132 valence electrons. The van der Waals surface area contributed by atoms with Crippen molar-refractivity contribution in [2.45, 2.75) is 25.2 Å². The zero-order chi connectivity index (χ0) is 17.6. The second-order valence-corrected chi connectivity index (χ2v) is 7.78. The minimum absolute atomic E-state index is 0.120. The van der Waals surface area contributed by atoms with Gasteiger partial charge in [-0.2, -0.15) is 0 Å². The van der Waals surface area contributed by atoms with E-state index in [0.717, 1.165) is 66.4 Å². The number of hydrogen-bond donors (Lipinski definition) is 1. The fourth-order valence-corrected chi connectivity index (χ4v) is 4.39. The number of hydrogen-bond acceptors (Lipinski definition) is 3. The summed E-state index contributed by atoms with van der Waals surface area (Å²) >= 11 is 12.6. The first kappa shape index (κ1) is 17.0. The van der Waals surface area contributed by atoms with Crippen molar-refractivity contribution in [2.75, 3.05) is 26.7 Å². The van der Waals surface area contributed by atoms with Gasteiger partial charge in [0.15, 0.2) is 0 Å². The molecule has 0 amide bonds. The van der Waals surface area contributed by atoms with E-state index in [4.69, 9.17) is 27.9 Å². The van der Waals surface area contributed by atoms with Crippen LogP contribution in [0, 0.1) is 0 Å². The Kier molecular flexibility index (Phi) is 4.57. The first-order valence-electron chi connectivity index (χ1n) is 8.68. The van der Waals surface area contributed by atoms with Crippen molar-refractivity contribution >= 4 is 23.2 Å². The number of fused-ring (bicyclic) bond motifs is 2. The van der Waals surface area contributed by atoms with Gasteiger partial charge in [-0.05, 0) is 55.6 Å². The van der Waals surface area contributed by atoms with Gasteiger partial charge in [-0.1, -0.05) is 29.3 Å². The number of rotatable bonds is 1. The van der Waals surface area contributed by atoms with Crippen LogP contribution in [0.25, 0.3) is 0 Å². The molecule has 0 aromatic heterocycles. The Balaban J connectivity index is 1.89. The van der Waals surface area contributed by atoms with Crippen LogP contribution < -0.4 is 4.74 Å². The van der Waals surface area contributed by atoms with Gasteiger partial charge < -0.3 is 14.7 Å². The molecule has 2 aliphatic heterocycles. The molecule has 1 unspecified atom stereocenters. The van der Waals surface area contributed by atoms with Crippen molar-refractivity contribution in [3.05, 3.63) is 56.6 Å². The highest BCUT2D eigenvalue weighted by atomic mass is 35.5. The second kappa shape index (κ2) is 6.71. The van der Waals surface area contributed by atoms with Gasteiger partial charge in [-0.25, -0.2) is 0 Å². The molecular weight excluding hydrogens is 357 g/mol. The summed E-state index contributed by atoms with van der Waals surface area (Å²) in [5.41, 5.74) is 4.58. The van der Waals surface area contributed by atoms with Crippen LogP contribution in [-0.2, 0) is 12.8 Å². The Morgan fingerprint density at radius 2 is 1.96 bits per heavy atom. The Morgan fingerprint density at radius 3 is 2.80 bits per heavy atom. The second-order valence-electron chi connectivity index (χ2n) is 6.96. The normalized spacial score (nSPS) is 20.4. The largest absolute Gasteiger partial charge is 0.506 e. The fraction of sp³-hybridized carbons (Fsp3) is 0.400. The summed E-state index contributed by atoms with van der Waals surface area (Å²) in [6, 6.07) is 7.78. The molecule has 1 atom stereocenters.